The van der Waals surface area contributed by atoms with Gasteiger partial charge in [-0.1, -0.05) is 58.8 Å². The van der Waals surface area contributed by atoms with Gasteiger partial charge in [0.2, 0.25) is 0 Å². The fourth-order valence-electron chi connectivity index (χ4n) is 5.14. The van der Waals surface area contributed by atoms with Crippen LogP contribution in [0.3, 0.4) is 0 Å². The maximum atomic E-state index is 12.6. The van der Waals surface area contributed by atoms with Crippen LogP contribution in [0.25, 0.3) is 0 Å². The van der Waals surface area contributed by atoms with E-state index in [9.17, 15) is 10.1 Å². The second kappa shape index (κ2) is 11.7. The van der Waals surface area contributed by atoms with Gasteiger partial charge in [0.1, 0.15) is 6.10 Å². The van der Waals surface area contributed by atoms with E-state index >= 15 is 0 Å². The summed E-state index contributed by atoms with van der Waals surface area (Å²) in [6.45, 7) is 4.40. The predicted octanol–water partition coefficient (Wildman–Crippen LogP) is 6.95. The van der Waals surface area contributed by atoms with Crippen molar-refractivity contribution in [3.8, 4) is 6.07 Å². The number of esters is 1. The van der Waals surface area contributed by atoms with E-state index < -0.39 is 0 Å². The second-order valence-electron chi connectivity index (χ2n) is 9.20. The lowest BCUT2D eigenvalue weighted by Gasteiger charge is -2.35. The molecule has 0 spiro atoms. The monoisotopic (exact) mass is 375 g/mol. The van der Waals surface area contributed by atoms with Crippen molar-refractivity contribution < 1.29 is 9.53 Å². The summed E-state index contributed by atoms with van der Waals surface area (Å²) in [6.07, 6.45) is 18.3. The summed E-state index contributed by atoms with van der Waals surface area (Å²) in [5, 5.41) is 9.52. The molecule has 2 rings (SSSR count). The number of carbonyl (C=O) groups is 1. The van der Waals surface area contributed by atoms with Crippen molar-refractivity contribution in [3.63, 3.8) is 0 Å². The highest BCUT2D eigenvalue weighted by Crippen LogP contribution is 2.42. The first-order valence-electron chi connectivity index (χ1n) is 11.7. The molecular formula is C24H41NO2. The van der Waals surface area contributed by atoms with Crippen LogP contribution < -0.4 is 0 Å². The van der Waals surface area contributed by atoms with Crippen molar-refractivity contribution in [2.24, 2.45) is 17.3 Å². The van der Waals surface area contributed by atoms with Gasteiger partial charge < -0.3 is 4.74 Å². The van der Waals surface area contributed by atoms with Crippen LogP contribution in [-0.4, -0.2) is 12.1 Å². The standard InChI is InChI=1S/C24H41NO2/c1-3-5-6-7-8-9-20-10-12-22(13-11-20)27-23(26)21-14-17-24(19-25,16-4-2)18-15-21/h20-22H,3-18H2,1-2H3/t20-,21-,22-,24+. The first-order valence-corrected chi connectivity index (χ1v) is 11.7. The molecule has 0 aromatic carbocycles. The third kappa shape index (κ3) is 7.13. The maximum Gasteiger partial charge on any atom is 0.309 e. The minimum absolute atomic E-state index is 0.0149. The van der Waals surface area contributed by atoms with Crippen molar-refractivity contribution in [2.45, 2.75) is 123 Å². The molecule has 154 valence electrons. The Hall–Kier alpha value is -1.04. The van der Waals surface area contributed by atoms with Crippen molar-refractivity contribution in [1.82, 2.24) is 0 Å². The van der Waals surface area contributed by atoms with Gasteiger partial charge in [-0.05, 0) is 63.7 Å². The molecule has 27 heavy (non-hydrogen) atoms. The molecule has 0 aromatic heterocycles. The van der Waals surface area contributed by atoms with Crippen LogP contribution in [0, 0.1) is 28.6 Å². The van der Waals surface area contributed by atoms with Crippen molar-refractivity contribution in [3.05, 3.63) is 0 Å². The van der Waals surface area contributed by atoms with E-state index in [0.29, 0.717) is 0 Å². The molecule has 0 unspecified atom stereocenters. The summed E-state index contributed by atoms with van der Waals surface area (Å²) in [5.74, 6) is 0.891. The summed E-state index contributed by atoms with van der Waals surface area (Å²) in [7, 11) is 0. The van der Waals surface area contributed by atoms with Crippen LogP contribution >= 0.6 is 0 Å². The number of nitrogens with zero attached hydrogens (tertiary/aromatic N) is 1. The zero-order valence-electron chi connectivity index (χ0n) is 17.8. The van der Waals surface area contributed by atoms with E-state index in [-0.39, 0.29) is 23.4 Å². The van der Waals surface area contributed by atoms with E-state index in [0.717, 1.165) is 57.3 Å². The minimum Gasteiger partial charge on any atom is -0.462 e. The van der Waals surface area contributed by atoms with Gasteiger partial charge in [0.25, 0.3) is 0 Å². The van der Waals surface area contributed by atoms with E-state index in [1.54, 1.807) is 0 Å². The van der Waals surface area contributed by atoms with Gasteiger partial charge in [0, 0.05) is 0 Å². The van der Waals surface area contributed by atoms with Gasteiger partial charge in [0.05, 0.1) is 17.4 Å². The highest BCUT2D eigenvalue weighted by molar-refractivity contribution is 5.72. The Bertz CT molecular complexity index is 465. The molecule has 3 heteroatoms. The van der Waals surface area contributed by atoms with Gasteiger partial charge in [0.15, 0.2) is 0 Å². The first kappa shape index (κ1) is 22.3. The fraction of sp³-hybridized carbons (Fsp3) is 0.917. The van der Waals surface area contributed by atoms with Crippen LogP contribution in [0.1, 0.15) is 117 Å². The number of nitriles is 1. The number of rotatable bonds is 10. The molecule has 0 saturated heterocycles. The average Bonchev–Trinajstić information content (AvgIpc) is 2.70. The van der Waals surface area contributed by atoms with Gasteiger partial charge in [-0.15, -0.1) is 0 Å². The molecule has 0 N–H and O–H groups in total. The Balaban J connectivity index is 1.63. The number of hydrogen-bond donors (Lipinski definition) is 0. The largest absolute Gasteiger partial charge is 0.462 e. The normalized spacial score (nSPS) is 31.2. The maximum absolute atomic E-state index is 12.6. The summed E-state index contributed by atoms with van der Waals surface area (Å²) in [5.41, 5.74) is -0.180. The van der Waals surface area contributed by atoms with Crippen LogP contribution in [0.2, 0.25) is 0 Å². The fourth-order valence-corrected chi connectivity index (χ4v) is 5.14. The number of hydrogen-bond acceptors (Lipinski definition) is 3. The van der Waals surface area contributed by atoms with Crippen LogP contribution in [-0.2, 0) is 9.53 Å². The van der Waals surface area contributed by atoms with Gasteiger partial charge in [-0.25, -0.2) is 0 Å². The zero-order valence-corrected chi connectivity index (χ0v) is 17.8. The lowest BCUT2D eigenvalue weighted by molar-refractivity contribution is -0.157. The number of unbranched alkanes of at least 4 members (excludes halogenated alkanes) is 4. The molecule has 0 amide bonds. The third-order valence-corrected chi connectivity index (χ3v) is 7.03. The van der Waals surface area contributed by atoms with Crippen molar-refractivity contribution >= 4 is 5.97 Å². The average molecular weight is 376 g/mol. The summed E-state index contributed by atoms with van der Waals surface area (Å²) < 4.78 is 5.88. The predicted molar refractivity (Wildman–Crippen MR) is 110 cm³/mol. The Labute approximate surface area is 167 Å². The second-order valence-corrected chi connectivity index (χ2v) is 9.20. The summed E-state index contributed by atoms with van der Waals surface area (Å²) in [6, 6.07) is 2.54. The van der Waals surface area contributed by atoms with E-state index in [1.165, 1.54) is 51.4 Å². The molecule has 3 nitrogen and oxygen atoms in total. The lowest BCUT2D eigenvalue weighted by Crippen LogP contribution is -2.33. The first-order chi connectivity index (χ1) is 13.1. The number of ether oxygens (including phenoxy) is 1. The Morgan fingerprint density at radius 1 is 0.963 bits per heavy atom. The van der Waals surface area contributed by atoms with Gasteiger partial charge >= 0.3 is 5.97 Å². The Morgan fingerprint density at radius 2 is 1.63 bits per heavy atom. The molecule has 2 fully saturated rings. The van der Waals surface area contributed by atoms with E-state index in [1.807, 2.05) is 0 Å². The van der Waals surface area contributed by atoms with Crippen LogP contribution in [0.5, 0.6) is 0 Å². The quantitative estimate of drug-likeness (QED) is 0.306. The summed E-state index contributed by atoms with van der Waals surface area (Å²) in [4.78, 5) is 12.6. The highest BCUT2D eigenvalue weighted by atomic mass is 16.5. The molecule has 2 aliphatic carbocycles. The van der Waals surface area contributed by atoms with Gasteiger partial charge in [-0.2, -0.15) is 5.26 Å². The Morgan fingerprint density at radius 3 is 2.22 bits per heavy atom. The lowest BCUT2D eigenvalue weighted by atomic mass is 9.69. The SMILES string of the molecule is CCCCCCC[C@H]1CC[C@H](OC(=O)[C@H]2CC[C@](C#N)(CCC)CC2)CC1. The molecule has 2 aliphatic rings. The van der Waals surface area contributed by atoms with E-state index in [2.05, 4.69) is 19.9 Å². The highest BCUT2D eigenvalue weighted by Gasteiger charge is 2.38. The van der Waals surface area contributed by atoms with Crippen molar-refractivity contribution in [1.29, 1.82) is 5.26 Å². The Kier molecular flexibility index (Phi) is 9.66. The summed E-state index contributed by atoms with van der Waals surface area (Å²) >= 11 is 0. The molecule has 0 atom stereocenters. The smallest absolute Gasteiger partial charge is 0.309 e. The van der Waals surface area contributed by atoms with Crippen LogP contribution in [0.4, 0.5) is 0 Å². The molecule has 0 radical (unpaired) electrons. The molecule has 0 heterocycles. The van der Waals surface area contributed by atoms with Crippen molar-refractivity contribution in [2.75, 3.05) is 0 Å². The minimum atomic E-state index is -0.180. The topological polar surface area (TPSA) is 50.1 Å². The zero-order chi connectivity index (χ0) is 19.5. The molecule has 0 aliphatic heterocycles. The van der Waals surface area contributed by atoms with Crippen LogP contribution in [0.15, 0.2) is 0 Å². The molecule has 0 aromatic rings. The third-order valence-electron chi connectivity index (χ3n) is 7.03. The molecule has 2 saturated carbocycles. The number of carbonyl (C=O) groups excluding carboxylic acids is 1. The van der Waals surface area contributed by atoms with E-state index in [4.69, 9.17) is 4.74 Å². The van der Waals surface area contributed by atoms with Gasteiger partial charge in [-0.3, -0.25) is 4.79 Å². The molecular weight excluding hydrogens is 334 g/mol. The molecule has 0 bridgehead atoms.